The van der Waals surface area contributed by atoms with Crippen molar-refractivity contribution in [1.29, 1.82) is 0 Å². The van der Waals surface area contributed by atoms with Gasteiger partial charge in [0.05, 0.1) is 13.1 Å². The van der Waals surface area contributed by atoms with E-state index in [9.17, 15) is 9.59 Å². The van der Waals surface area contributed by atoms with Crippen LogP contribution in [0.3, 0.4) is 0 Å². The van der Waals surface area contributed by atoms with Gasteiger partial charge in [-0.1, -0.05) is 57.0 Å². The molecule has 29 heavy (non-hydrogen) atoms. The van der Waals surface area contributed by atoms with Gasteiger partial charge in [0.25, 0.3) is 0 Å². The molecule has 1 aromatic rings. The lowest BCUT2D eigenvalue weighted by atomic mass is 9.81. The van der Waals surface area contributed by atoms with E-state index >= 15 is 0 Å². The van der Waals surface area contributed by atoms with Crippen LogP contribution < -0.4 is 5.73 Å². The summed E-state index contributed by atoms with van der Waals surface area (Å²) < 4.78 is 0. The molecule has 2 rings (SSSR count). The van der Waals surface area contributed by atoms with Crippen LogP contribution in [-0.4, -0.2) is 53.2 Å². The van der Waals surface area contributed by atoms with E-state index in [4.69, 9.17) is 5.73 Å². The molecule has 0 unspecified atom stereocenters. The number of rotatable bonds is 5. The fourth-order valence-corrected chi connectivity index (χ4v) is 3.99. The minimum atomic E-state index is -0.405. The van der Waals surface area contributed by atoms with Gasteiger partial charge in [0.15, 0.2) is 5.78 Å². The number of benzene rings is 1. The van der Waals surface area contributed by atoms with Gasteiger partial charge in [0, 0.05) is 24.0 Å². The van der Waals surface area contributed by atoms with Gasteiger partial charge < -0.3 is 10.6 Å². The molecule has 1 aromatic carbocycles. The van der Waals surface area contributed by atoms with Crippen LogP contribution in [0.4, 0.5) is 0 Å². The maximum absolute atomic E-state index is 13.4. The molecule has 0 radical (unpaired) electrons. The van der Waals surface area contributed by atoms with Crippen LogP contribution in [0, 0.1) is 5.41 Å². The molecular formula is C24H39N3O2. The minimum Gasteiger partial charge on any atom is -0.330 e. The molecule has 0 bridgehead atoms. The van der Waals surface area contributed by atoms with Crippen LogP contribution in [0.2, 0.25) is 0 Å². The van der Waals surface area contributed by atoms with Crippen molar-refractivity contribution in [2.75, 3.05) is 26.2 Å². The number of amides is 1. The maximum atomic E-state index is 13.4. The molecule has 0 saturated carbocycles. The first-order valence-electron chi connectivity index (χ1n) is 11.0. The lowest BCUT2D eigenvalue weighted by Crippen LogP contribution is -2.52. The second-order valence-corrected chi connectivity index (χ2v) is 9.63. The van der Waals surface area contributed by atoms with E-state index in [0.29, 0.717) is 19.6 Å². The molecule has 0 spiro atoms. The van der Waals surface area contributed by atoms with Crippen molar-refractivity contribution in [3.05, 3.63) is 35.9 Å². The third kappa shape index (κ3) is 6.93. The number of carbonyl (C=O) groups excluding carboxylic acids is 2. The van der Waals surface area contributed by atoms with Gasteiger partial charge in [-0.05, 0) is 45.2 Å². The Hall–Kier alpha value is -1.72. The van der Waals surface area contributed by atoms with Crippen molar-refractivity contribution in [2.45, 2.75) is 71.9 Å². The average molecular weight is 402 g/mol. The minimum absolute atomic E-state index is 0.0173. The Kier molecular flexibility index (Phi) is 8.41. The van der Waals surface area contributed by atoms with E-state index < -0.39 is 5.41 Å². The third-order valence-electron chi connectivity index (χ3n) is 6.31. The number of hydrogen-bond donors (Lipinski definition) is 1. The highest BCUT2D eigenvalue weighted by Crippen LogP contribution is 2.29. The summed E-state index contributed by atoms with van der Waals surface area (Å²) in [7, 11) is 0. The van der Waals surface area contributed by atoms with Crippen molar-refractivity contribution in [2.24, 2.45) is 11.1 Å². The largest absolute Gasteiger partial charge is 0.330 e. The summed E-state index contributed by atoms with van der Waals surface area (Å²) in [5.41, 5.74) is 6.32. The molecule has 0 aliphatic carbocycles. The maximum Gasteiger partial charge on any atom is 0.237 e. The fourth-order valence-electron chi connectivity index (χ4n) is 3.99. The summed E-state index contributed by atoms with van der Waals surface area (Å²) in [5, 5.41) is 0. The normalized spacial score (nSPS) is 21.5. The topological polar surface area (TPSA) is 66.6 Å². The zero-order valence-corrected chi connectivity index (χ0v) is 18.7. The first-order valence-corrected chi connectivity index (χ1v) is 11.0. The van der Waals surface area contributed by atoms with E-state index in [1.165, 1.54) is 0 Å². The summed E-state index contributed by atoms with van der Waals surface area (Å²) in [6.07, 6.45) is 4.82. The summed E-state index contributed by atoms with van der Waals surface area (Å²) in [4.78, 5) is 30.4. The van der Waals surface area contributed by atoms with Crippen LogP contribution in [0.1, 0.15) is 65.4 Å². The van der Waals surface area contributed by atoms with Crippen LogP contribution in [0.25, 0.3) is 0 Å². The molecular weight excluding hydrogens is 362 g/mol. The smallest absolute Gasteiger partial charge is 0.237 e. The van der Waals surface area contributed by atoms with E-state index in [1.54, 1.807) is 4.90 Å². The number of ketones is 1. The molecule has 5 nitrogen and oxygen atoms in total. The summed E-state index contributed by atoms with van der Waals surface area (Å²) in [6, 6.07) is 9.93. The molecule has 2 N–H and O–H groups in total. The standard InChI is InChI=1S/C24H39N3O2/c1-23(2)13-8-9-14-24(3,4)27(16-10-15-25)19-22(29)26(18-21(23)28)17-20-11-6-5-7-12-20/h5-7,11-12H,8-10,13-19,25H2,1-4H3. The average Bonchev–Trinajstić information content (AvgIpc) is 2.67. The van der Waals surface area contributed by atoms with Crippen molar-refractivity contribution in [1.82, 2.24) is 9.80 Å². The summed E-state index contributed by atoms with van der Waals surface area (Å²) >= 11 is 0. The first kappa shape index (κ1) is 23.6. The van der Waals surface area contributed by atoms with Crippen LogP contribution in [-0.2, 0) is 16.1 Å². The highest BCUT2D eigenvalue weighted by atomic mass is 16.2. The summed E-state index contributed by atoms with van der Waals surface area (Å²) in [6.45, 7) is 10.9. The molecule has 5 heteroatoms. The summed E-state index contributed by atoms with van der Waals surface area (Å²) in [5.74, 6) is 0.166. The van der Waals surface area contributed by atoms with Crippen molar-refractivity contribution in [3.63, 3.8) is 0 Å². The SMILES string of the molecule is CC1(C)CCCCC(C)(C)N(CCCN)CC(=O)N(Cc2ccccc2)CC1=O. The predicted molar refractivity (Wildman–Crippen MR) is 118 cm³/mol. The molecule has 162 valence electrons. The van der Waals surface area contributed by atoms with Gasteiger partial charge in [-0.25, -0.2) is 0 Å². The Balaban J connectivity index is 2.30. The molecule has 1 fully saturated rings. The number of Topliss-reactive ketones (excluding diaryl/α,β-unsaturated/α-hetero) is 1. The van der Waals surface area contributed by atoms with E-state index in [1.807, 2.05) is 44.2 Å². The molecule has 1 amide bonds. The van der Waals surface area contributed by atoms with Gasteiger partial charge in [-0.2, -0.15) is 0 Å². The van der Waals surface area contributed by atoms with Gasteiger partial charge in [-0.15, -0.1) is 0 Å². The monoisotopic (exact) mass is 401 g/mol. The zero-order valence-electron chi connectivity index (χ0n) is 18.7. The second-order valence-electron chi connectivity index (χ2n) is 9.63. The van der Waals surface area contributed by atoms with Crippen molar-refractivity contribution < 1.29 is 9.59 Å². The number of nitrogens with two attached hydrogens (primary N) is 1. The van der Waals surface area contributed by atoms with Crippen LogP contribution in [0.5, 0.6) is 0 Å². The van der Waals surface area contributed by atoms with Gasteiger partial charge in [0.2, 0.25) is 5.91 Å². The Morgan fingerprint density at radius 2 is 1.62 bits per heavy atom. The zero-order chi connectivity index (χ0) is 21.5. The first-order chi connectivity index (χ1) is 13.7. The van der Waals surface area contributed by atoms with E-state index in [0.717, 1.165) is 44.2 Å². The van der Waals surface area contributed by atoms with E-state index in [2.05, 4.69) is 18.7 Å². The number of hydrogen-bond acceptors (Lipinski definition) is 4. The Bertz CT molecular complexity index is 670. The van der Waals surface area contributed by atoms with Gasteiger partial charge in [-0.3, -0.25) is 14.5 Å². The molecule has 1 aliphatic rings. The lowest BCUT2D eigenvalue weighted by molar-refractivity contribution is -0.141. The highest BCUT2D eigenvalue weighted by Gasteiger charge is 2.34. The Morgan fingerprint density at radius 1 is 0.966 bits per heavy atom. The number of nitrogens with zero attached hydrogens (tertiary/aromatic N) is 2. The van der Waals surface area contributed by atoms with Gasteiger partial charge >= 0.3 is 0 Å². The quantitative estimate of drug-likeness (QED) is 0.818. The Morgan fingerprint density at radius 3 is 2.28 bits per heavy atom. The molecule has 0 atom stereocenters. The molecule has 0 aromatic heterocycles. The predicted octanol–water partition coefficient (Wildman–Crippen LogP) is 3.61. The molecule has 1 saturated heterocycles. The van der Waals surface area contributed by atoms with Crippen molar-refractivity contribution in [3.8, 4) is 0 Å². The van der Waals surface area contributed by atoms with Crippen molar-refractivity contribution >= 4 is 11.7 Å². The second kappa shape index (κ2) is 10.4. The Labute approximate surface area is 176 Å². The van der Waals surface area contributed by atoms with Crippen LogP contribution >= 0.6 is 0 Å². The third-order valence-corrected chi connectivity index (χ3v) is 6.31. The molecule has 1 heterocycles. The highest BCUT2D eigenvalue weighted by molar-refractivity contribution is 5.90. The number of carbonyl (C=O) groups is 2. The fraction of sp³-hybridized carbons (Fsp3) is 0.667. The van der Waals surface area contributed by atoms with Crippen LogP contribution in [0.15, 0.2) is 30.3 Å². The van der Waals surface area contributed by atoms with Gasteiger partial charge in [0.1, 0.15) is 0 Å². The molecule has 1 aliphatic heterocycles. The lowest BCUT2D eigenvalue weighted by Gasteiger charge is -2.40. The van der Waals surface area contributed by atoms with E-state index in [-0.39, 0.29) is 23.8 Å².